The van der Waals surface area contributed by atoms with Gasteiger partial charge >= 0.3 is 5.97 Å². The monoisotopic (exact) mass is 321 g/mol. The second kappa shape index (κ2) is 7.84. The standard InChI is InChI=1S/C15H19N3O3S/c1-3-18-11(2)16-17-15(18)22-10-6-9-21-13-8-5-4-7-12(13)14(19)20/h4-5,7-8H,3,6,9-10H2,1-2H3,(H,19,20). The van der Waals surface area contributed by atoms with E-state index in [0.717, 1.165) is 29.7 Å². The maximum atomic E-state index is 11.1. The maximum Gasteiger partial charge on any atom is 0.339 e. The summed E-state index contributed by atoms with van der Waals surface area (Å²) in [5.41, 5.74) is 0.191. The number of rotatable bonds is 8. The van der Waals surface area contributed by atoms with Gasteiger partial charge in [-0.3, -0.25) is 0 Å². The van der Waals surface area contributed by atoms with Gasteiger partial charge < -0.3 is 14.4 Å². The van der Waals surface area contributed by atoms with Gasteiger partial charge in [0.1, 0.15) is 17.1 Å². The number of nitrogens with zero attached hydrogens (tertiary/aromatic N) is 3. The molecule has 0 radical (unpaired) electrons. The molecular weight excluding hydrogens is 302 g/mol. The topological polar surface area (TPSA) is 77.2 Å². The van der Waals surface area contributed by atoms with Crippen LogP contribution in [0.3, 0.4) is 0 Å². The minimum atomic E-state index is -0.975. The Balaban J connectivity index is 1.79. The smallest absolute Gasteiger partial charge is 0.339 e. The summed E-state index contributed by atoms with van der Waals surface area (Å²) >= 11 is 1.63. The van der Waals surface area contributed by atoms with Crippen LogP contribution in [-0.4, -0.2) is 38.2 Å². The van der Waals surface area contributed by atoms with Crippen LogP contribution in [0.4, 0.5) is 0 Å². The predicted octanol–water partition coefficient (Wildman–Crippen LogP) is 2.87. The van der Waals surface area contributed by atoms with Gasteiger partial charge in [0.25, 0.3) is 0 Å². The summed E-state index contributed by atoms with van der Waals surface area (Å²) in [4.78, 5) is 11.1. The molecule has 1 heterocycles. The summed E-state index contributed by atoms with van der Waals surface area (Å²) in [6.07, 6.45) is 0.800. The molecule has 1 aromatic carbocycles. The molecule has 0 saturated carbocycles. The first kappa shape index (κ1) is 16.4. The van der Waals surface area contributed by atoms with E-state index in [2.05, 4.69) is 21.7 Å². The van der Waals surface area contributed by atoms with Gasteiger partial charge in [0.05, 0.1) is 6.61 Å². The molecule has 0 bridgehead atoms. The fourth-order valence-corrected chi connectivity index (χ4v) is 2.97. The lowest BCUT2D eigenvalue weighted by atomic mass is 10.2. The molecule has 118 valence electrons. The Morgan fingerprint density at radius 1 is 1.36 bits per heavy atom. The van der Waals surface area contributed by atoms with E-state index in [1.165, 1.54) is 0 Å². The Morgan fingerprint density at radius 3 is 2.86 bits per heavy atom. The van der Waals surface area contributed by atoms with Crippen LogP contribution in [0.15, 0.2) is 29.4 Å². The Bertz CT molecular complexity index is 643. The molecule has 1 N–H and O–H groups in total. The molecule has 0 unspecified atom stereocenters. The highest BCUT2D eigenvalue weighted by Crippen LogP contribution is 2.20. The van der Waals surface area contributed by atoms with Crippen LogP contribution in [0.2, 0.25) is 0 Å². The predicted molar refractivity (Wildman–Crippen MR) is 84.7 cm³/mol. The second-order valence-electron chi connectivity index (χ2n) is 4.63. The molecule has 2 aromatic rings. The number of carboxylic acids is 1. The first-order chi connectivity index (χ1) is 10.6. The molecule has 0 atom stereocenters. The number of aromatic carboxylic acids is 1. The summed E-state index contributed by atoms with van der Waals surface area (Å²) in [5, 5.41) is 18.2. The number of aryl methyl sites for hydroxylation is 1. The number of aromatic nitrogens is 3. The molecular formula is C15H19N3O3S. The molecule has 0 spiro atoms. The van der Waals surface area contributed by atoms with Crippen molar-refractivity contribution in [3.63, 3.8) is 0 Å². The second-order valence-corrected chi connectivity index (χ2v) is 5.69. The molecule has 6 nitrogen and oxygen atoms in total. The third kappa shape index (κ3) is 4.00. The van der Waals surface area contributed by atoms with Crippen molar-refractivity contribution in [2.45, 2.75) is 32.0 Å². The highest BCUT2D eigenvalue weighted by atomic mass is 32.2. The fraction of sp³-hybridized carbons (Fsp3) is 0.400. The van der Waals surface area contributed by atoms with Crippen LogP contribution in [0.5, 0.6) is 5.75 Å². The van der Waals surface area contributed by atoms with Crippen molar-refractivity contribution in [3.05, 3.63) is 35.7 Å². The molecule has 0 aliphatic carbocycles. The van der Waals surface area contributed by atoms with Crippen molar-refractivity contribution in [1.82, 2.24) is 14.8 Å². The van der Waals surface area contributed by atoms with Crippen LogP contribution in [0.1, 0.15) is 29.5 Å². The number of para-hydroxylation sites is 1. The first-order valence-electron chi connectivity index (χ1n) is 7.11. The van der Waals surface area contributed by atoms with Gasteiger partial charge in [0.15, 0.2) is 5.16 Å². The Hall–Kier alpha value is -2.02. The van der Waals surface area contributed by atoms with Crippen molar-refractivity contribution in [2.75, 3.05) is 12.4 Å². The van der Waals surface area contributed by atoms with E-state index in [1.54, 1.807) is 36.0 Å². The minimum Gasteiger partial charge on any atom is -0.493 e. The minimum absolute atomic E-state index is 0.191. The van der Waals surface area contributed by atoms with Crippen molar-refractivity contribution in [3.8, 4) is 5.75 Å². The summed E-state index contributed by atoms with van der Waals surface area (Å²) in [6, 6.07) is 6.67. The van der Waals surface area contributed by atoms with Crippen LogP contribution in [0, 0.1) is 6.92 Å². The normalized spacial score (nSPS) is 10.6. The third-order valence-electron chi connectivity index (χ3n) is 3.11. The van der Waals surface area contributed by atoms with E-state index in [4.69, 9.17) is 9.84 Å². The molecule has 1 aromatic heterocycles. The molecule has 22 heavy (non-hydrogen) atoms. The van der Waals surface area contributed by atoms with Gasteiger partial charge in [-0.05, 0) is 32.4 Å². The van der Waals surface area contributed by atoms with E-state index < -0.39 is 5.97 Å². The quantitative estimate of drug-likeness (QED) is 0.595. The van der Waals surface area contributed by atoms with Crippen molar-refractivity contribution in [1.29, 1.82) is 0 Å². The van der Waals surface area contributed by atoms with Gasteiger partial charge in [-0.25, -0.2) is 4.79 Å². The number of ether oxygens (including phenoxy) is 1. The van der Waals surface area contributed by atoms with Gasteiger partial charge in [-0.1, -0.05) is 23.9 Å². The van der Waals surface area contributed by atoms with Gasteiger partial charge in [0.2, 0.25) is 0 Å². The lowest BCUT2D eigenvalue weighted by Crippen LogP contribution is -2.05. The van der Waals surface area contributed by atoms with Gasteiger partial charge in [-0.2, -0.15) is 0 Å². The van der Waals surface area contributed by atoms with E-state index in [1.807, 2.05) is 6.92 Å². The molecule has 2 rings (SSSR count). The van der Waals surface area contributed by atoms with Crippen LogP contribution in [0.25, 0.3) is 0 Å². The number of hydrogen-bond acceptors (Lipinski definition) is 5. The fourth-order valence-electron chi connectivity index (χ4n) is 2.01. The number of carbonyl (C=O) groups is 1. The summed E-state index contributed by atoms with van der Waals surface area (Å²) < 4.78 is 7.62. The Kier molecular flexibility index (Phi) is 5.83. The lowest BCUT2D eigenvalue weighted by molar-refractivity contribution is 0.0692. The average Bonchev–Trinajstić information content (AvgIpc) is 2.87. The molecule has 0 amide bonds. The Labute approximate surface area is 133 Å². The van der Waals surface area contributed by atoms with Crippen molar-refractivity contribution < 1.29 is 14.6 Å². The molecule has 0 aliphatic heterocycles. The van der Waals surface area contributed by atoms with Crippen molar-refractivity contribution in [2.24, 2.45) is 0 Å². The van der Waals surface area contributed by atoms with Crippen LogP contribution >= 0.6 is 11.8 Å². The maximum absolute atomic E-state index is 11.1. The summed E-state index contributed by atoms with van der Waals surface area (Å²) in [6.45, 7) is 5.32. The molecule has 0 aliphatic rings. The van der Waals surface area contributed by atoms with Crippen molar-refractivity contribution >= 4 is 17.7 Å². The van der Waals surface area contributed by atoms with E-state index in [-0.39, 0.29) is 5.56 Å². The van der Waals surface area contributed by atoms with E-state index in [0.29, 0.717) is 12.4 Å². The van der Waals surface area contributed by atoms with E-state index >= 15 is 0 Å². The van der Waals surface area contributed by atoms with Crippen LogP contribution < -0.4 is 4.74 Å². The highest BCUT2D eigenvalue weighted by Gasteiger charge is 2.10. The third-order valence-corrected chi connectivity index (χ3v) is 4.17. The Morgan fingerprint density at radius 2 is 2.14 bits per heavy atom. The zero-order chi connectivity index (χ0) is 15.9. The number of benzene rings is 1. The lowest BCUT2D eigenvalue weighted by Gasteiger charge is -2.09. The number of hydrogen-bond donors (Lipinski definition) is 1. The van der Waals surface area contributed by atoms with Gasteiger partial charge in [0, 0.05) is 12.3 Å². The number of thioether (sulfide) groups is 1. The summed E-state index contributed by atoms with van der Waals surface area (Å²) in [5.74, 6) is 1.19. The zero-order valence-corrected chi connectivity index (χ0v) is 13.5. The summed E-state index contributed by atoms with van der Waals surface area (Å²) in [7, 11) is 0. The van der Waals surface area contributed by atoms with E-state index in [9.17, 15) is 4.79 Å². The zero-order valence-electron chi connectivity index (χ0n) is 12.7. The molecule has 7 heteroatoms. The van der Waals surface area contributed by atoms with Crippen LogP contribution in [-0.2, 0) is 6.54 Å². The first-order valence-corrected chi connectivity index (χ1v) is 8.09. The molecule has 0 fully saturated rings. The van der Waals surface area contributed by atoms with Gasteiger partial charge in [-0.15, -0.1) is 10.2 Å². The number of carboxylic acid groups (broad SMARTS) is 1. The SMILES string of the molecule is CCn1c(C)nnc1SCCCOc1ccccc1C(=O)O. The molecule has 0 saturated heterocycles. The highest BCUT2D eigenvalue weighted by molar-refractivity contribution is 7.99. The largest absolute Gasteiger partial charge is 0.493 e. The average molecular weight is 321 g/mol.